The number of rotatable bonds is 55. The van der Waals surface area contributed by atoms with Gasteiger partial charge in [0.15, 0.2) is 12.4 Å². The molecule has 0 bridgehead atoms. The standard InChI is InChI=1S/C70H121NO10/c1-4-7-10-13-16-19-22-24-26-27-28-29-30-31-32-33-34-35-36-37-38-40-43-46-49-52-55-58-65(75)81-68-67(77)66(76)64(59-72)80-70(68)79-60-61(62(73)56-53-50-47-44-41-21-18-15-12-9-6-3)71-69(78)63(74)57-54-51-48-45-42-39-25-23-20-17-14-11-8-5-2/h8,11,14,16-17,19-20,23-24,26,28-29,31-32,53,56,61-64,66-68,70,72-74,76-77H,4-7,9-10,12-13,15,18,21-22,25,27,30,33-52,54-55,57-60H2,1-3H3,(H,71,78)/b11-8+,17-14+,19-16-,23-20+,26-24-,29-28-,32-31-,56-53+. The van der Waals surface area contributed by atoms with Crippen LogP contribution in [0.3, 0.4) is 0 Å². The molecule has 0 aromatic heterocycles. The van der Waals surface area contributed by atoms with Crippen LogP contribution in [0.5, 0.6) is 0 Å². The van der Waals surface area contributed by atoms with Crippen molar-refractivity contribution in [3.63, 3.8) is 0 Å². The lowest BCUT2D eigenvalue weighted by Gasteiger charge is -2.41. The van der Waals surface area contributed by atoms with Gasteiger partial charge in [0.25, 0.3) is 0 Å². The summed E-state index contributed by atoms with van der Waals surface area (Å²) in [6, 6.07) is -1.04. The van der Waals surface area contributed by atoms with Crippen LogP contribution in [-0.2, 0) is 23.8 Å². The number of allylic oxidation sites excluding steroid dienone is 15. The van der Waals surface area contributed by atoms with Gasteiger partial charge in [-0.1, -0.05) is 272 Å². The number of carbonyl (C=O) groups is 2. The number of hydrogen-bond acceptors (Lipinski definition) is 10. The zero-order chi connectivity index (χ0) is 58.9. The first-order valence-corrected chi connectivity index (χ1v) is 33.0. The molecule has 6 N–H and O–H groups in total. The van der Waals surface area contributed by atoms with Gasteiger partial charge in [-0.3, -0.25) is 9.59 Å². The van der Waals surface area contributed by atoms with Crippen LogP contribution in [-0.4, -0.2) is 99.6 Å². The number of carbonyl (C=O) groups excluding carboxylic acids is 2. The highest BCUT2D eigenvalue weighted by Gasteiger charge is 2.47. The summed E-state index contributed by atoms with van der Waals surface area (Å²) in [4.78, 5) is 26.6. The number of ether oxygens (including phenoxy) is 3. The third-order valence-corrected chi connectivity index (χ3v) is 15.0. The highest BCUT2D eigenvalue weighted by atomic mass is 16.7. The molecular formula is C70H121NO10. The van der Waals surface area contributed by atoms with E-state index in [9.17, 15) is 35.1 Å². The van der Waals surface area contributed by atoms with Crippen molar-refractivity contribution in [3.8, 4) is 0 Å². The van der Waals surface area contributed by atoms with Crippen LogP contribution in [0, 0.1) is 0 Å². The molecule has 466 valence electrons. The first kappa shape index (κ1) is 75.6. The van der Waals surface area contributed by atoms with E-state index < -0.39 is 67.4 Å². The SMILES string of the molecule is CC/C=C/C=C/C=C/CCCCCCCCC(O)C(=O)NC(COC1OC(CO)C(O)C(O)C1OC(=O)CCCCCCCCCCCCC/C=C\C/C=C\C/C=C\C/C=C\CCCCC)C(O)/C=C/CCCCCCCCCCC. The molecule has 0 saturated carbocycles. The molecule has 11 nitrogen and oxygen atoms in total. The maximum Gasteiger partial charge on any atom is 0.306 e. The zero-order valence-electron chi connectivity index (χ0n) is 51.6. The van der Waals surface area contributed by atoms with Crippen molar-refractivity contribution >= 4 is 11.9 Å². The van der Waals surface area contributed by atoms with E-state index in [1.165, 1.54) is 116 Å². The summed E-state index contributed by atoms with van der Waals surface area (Å²) in [7, 11) is 0. The summed E-state index contributed by atoms with van der Waals surface area (Å²) in [5, 5.41) is 57.0. The molecule has 8 unspecified atom stereocenters. The fourth-order valence-corrected chi connectivity index (χ4v) is 9.81. The van der Waals surface area contributed by atoms with Crippen molar-refractivity contribution in [1.82, 2.24) is 5.32 Å². The predicted octanol–water partition coefficient (Wildman–Crippen LogP) is 16.3. The van der Waals surface area contributed by atoms with E-state index in [1.54, 1.807) is 6.08 Å². The first-order chi connectivity index (χ1) is 39.7. The average Bonchev–Trinajstić information content (AvgIpc) is 3.50. The fraction of sp³-hybridized carbons (Fsp3) is 0.743. The zero-order valence-corrected chi connectivity index (χ0v) is 51.6. The number of esters is 1. The lowest BCUT2D eigenvalue weighted by atomic mass is 9.99. The summed E-state index contributed by atoms with van der Waals surface area (Å²) in [5.74, 6) is -1.21. The van der Waals surface area contributed by atoms with Crippen LogP contribution in [0.2, 0.25) is 0 Å². The van der Waals surface area contributed by atoms with Crippen molar-refractivity contribution < 1.29 is 49.3 Å². The van der Waals surface area contributed by atoms with E-state index in [1.807, 2.05) is 18.2 Å². The second-order valence-corrected chi connectivity index (χ2v) is 22.5. The Kier molecular flexibility index (Phi) is 53.2. The Morgan fingerprint density at radius 2 is 0.938 bits per heavy atom. The van der Waals surface area contributed by atoms with Gasteiger partial charge in [-0.25, -0.2) is 0 Å². The summed E-state index contributed by atoms with van der Waals surface area (Å²) < 4.78 is 17.6. The maximum atomic E-state index is 13.4. The molecule has 1 rings (SSSR count). The number of hydrogen-bond donors (Lipinski definition) is 6. The van der Waals surface area contributed by atoms with Gasteiger partial charge in [0.05, 0.1) is 25.4 Å². The number of unbranched alkanes of at least 4 members (excludes halogenated alkanes) is 29. The Bertz CT molecular complexity index is 1690. The maximum absolute atomic E-state index is 13.4. The summed E-state index contributed by atoms with van der Waals surface area (Å²) in [6.45, 7) is 5.61. The number of nitrogens with one attached hydrogen (secondary N) is 1. The lowest BCUT2D eigenvalue weighted by Crippen LogP contribution is -2.61. The van der Waals surface area contributed by atoms with Crippen LogP contribution in [0.25, 0.3) is 0 Å². The third kappa shape index (κ3) is 44.7. The third-order valence-electron chi connectivity index (χ3n) is 15.0. The molecule has 81 heavy (non-hydrogen) atoms. The summed E-state index contributed by atoms with van der Waals surface area (Å²) in [6.07, 6.45) is 65.9. The summed E-state index contributed by atoms with van der Waals surface area (Å²) >= 11 is 0. The molecular weight excluding hydrogens is 1010 g/mol. The number of aliphatic hydroxyl groups excluding tert-OH is 5. The van der Waals surface area contributed by atoms with Crippen LogP contribution in [0.15, 0.2) is 97.2 Å². The van der Waals surface area contributed by atoms with Gasteiger partial charge < -0.3 is 45.1 Å². The van der Waals surface area contributed by atoms with Crippen molar-refractivity contribution in [2.75, 3.05) is 13.2 Å². The first-order valence-electron chi connectivity index (χ1n) is 33.0. The molecule has 1 saturated heterocycles. The monoisotopic (exact) mass is 1140 g/mol. The van der Waals surface area contributed by atoms with Gasteiger partial charge >= 0.3 is 5.97 Å². The van der Waals surface area contributed by atoms with Gasteiger partial charge in [0.1, 0.15) is 24.4 Å². The highest BCUT2D eigenvalue weighted by Crippen LogP contribution is 2.26. The van der Waals surface area contributed by atoms with E-state index in [0.717, 1.165) is 109 Å². The molecule has 1 heterocycles. The van der Waals surface area contributed by atoms with Crippen molar-refractivity contribution in [3.05, 3.63) is 97.2 Å². The summed E-state index contributed by atoms with van der Waals surface area (Å²) in [5.41, 5.74) is 0. The van der Waals surface area contributed by atoms with Crippen LogP contribution in [0.1, 0.15) is 271 Å². The number of amides is 1. The highest BCUT2D eigenvalue weighted by molar-refractivity contribution is 5.80. The second-order valence-electron chi connectivity index (χ2n) is 22.5. The lowest BCUT2D eigenvalue weighted by molar-refractivity contribution is -0.305. The Labute approximate surface area is 495 Å². The average molecular weight is 1140 g/mol. The Balaban J connectivity index is 2.56. The van der Waals surface area contributed by atoms with Crippen molar-refractivity contribution in [2.24, 2.45) is 0 Å². The molecule has 0 aromatic rings. The predicted molar refractivity (Wildman–Crippen MR) is 338 cm³/mol. The molecule has 1 aliphatic heterocycles. The molecule has 1 fully saturated rings. The van der Waals surface area contributed by atoms with Gasteiger partial charge in [0.2, 0.25) is 5.91 Å². The topological polar surface area (TPSA) is 175 Å². The Hall–Kier alpha value is -3.42. The van der Waals surface area contributed by atoms with E-state index >= 15 is 0 Å². The quantitative estimate of drug-likeness (QED) is 0.0149. The largest absolute Gasteiger partial charge is 0.454 e. The smallest absolute Gasteiger partial charge is 0.306 e. The molecule has 0 aliphatic carbocycles. The minimum absolute atomic E-state index is 0.114. The van der Waals surface area contributed by atoms with Crippen molar-refractivity contribution in [1.29, 1.82) is 0 Å². The van der Waals surface area contributed by atoms with Gasteiger partial charge in [-0.15, -0.1) is 0 Å². The van der Waals surface area contributed by atoms with E-state index in [4.69, 9.17) is 14.2 Å². The van der Waals surface area contributed by atoms with Crippen LogP contribution < -0.4 is 5.32 Å². The van der Waals surface area contributed by atoms with Crippen molar-refractivity contribution in [2.45, 2.75) is 320 Å². The fourth-order valence-electron chi connectivity index (χ4n) is 9.81. The number of aliphatic hydroxyl groups is 5. The van der Waals surface area contributed by atoms with Gasteiger partial charge in [-0.2, -0.15) is 0 Å². The van der Waals surface area contributed by atoms with E-state index in [0.29, 0.717) is 12.8 Å². The molecule has 1 aliphatic rings. The van der Waals surface area contributed by atoms with E-state index in [2.05, 4.69) is 99.0 Å². The molecule has 0 spiro atoms. The molecule has 0 aromatic carbocycles. The minimum Gasteiger partial charge on any atom is -0.454 e. The molecule has 0 radical (unpaired) electrons. The Morgan fingerprint density at radius 3 is 1.46 bits per heavy atom. The molecule has 11 heteroatoms. The second kappa shape index (κ2) is 57.0. The van der Waals surface area contributed by atoms with Crippen LogP contribution in [0.4, 0.5) is 0 Å². The minimum atomic E-state index is -1.62. The van der Waals surface area contributed by atoms with Crippen LogP contribution >= 0.6 is 0 Å². The van der Waals surface area contributed by atoms with Gasteiger partial charge in [0, 0.05) is 6.42 Å². The Morgan fingerprint density at radius 1 is 0.506 bits per heavy atom. The molecule has 1 amide bonds. The normalized spacial score (nSPS) is 19.3. The van der Waals surface area contributed by atoms with Gasteiger partial charge in [-0.05, 0) is 89.9 Å². The molecule has 8 atom stereocenters. The van der Waals surface area contributed by atoms with E-state index in [-0.39, 0.29) is 19.4 Å².